The molecule has 2 nitrogen and oxygen atoms in total. The summed E-state index contributed by atoms with van der Waals surface area (Å²) in [7, 11) is 0. The summed E-state index contributed by atoms with van der Waals surface area (Å²) in [6.45, 7) is -0.486. The van der Waals surface area contributed by atoms with Gasteiger partial charge in [-0.3, -0.25) is 4.98 Å². The van der Waals surface area contributed by atoms with Gasteiger partial charge in [-0.1, -0.05) is 23.2 Å². The Kier molecular flexibility index (Phi) is 3.41. The van der Waals surface area contributed by atoms with Gasteiger partial charge in [-0.15, -0.1) is 0 Å². The maximum Gasteiger partial charge on any atom is 0.281 e. The Balaban J connectivity index is 3.27. The zero-order valence-electron chi connectivity index (χ0n) is 6.27. The van der Waals surface area contributed by atoms with E-state index in [1.807, 2.05) is 0 Å². The predicted molar refractivity (Wildman–Crippen MR) is 45.1 cm³/mol. The van der Waals surface area contributed by atoms with E-state index in [1.165, 1.54) is 0 Å². The molecule has 0 radical (unpaired) electrons. The average Bonchev–Trinajstić information content (AvgIpc) is 2.04. The molecule has 0 spiro atoms. The maximum atomic E-state index is 12.2. The molecule has 0 aliphatic heterocycles. The fourth-order valence-electron chi connectivity index (χ4n) is 0.817. The molecule has 1 N–H and O–H groups in total. The Hall–Kier alpha value is -0.450. The number of halogens is 4. The van der Waals surface area contributed by atoms with Gasteiger partial charge in [0.2, 0.25) is 0 Å². The van der Waals surface area contributed by atoms with Crippen LogP contribution in [0.1, 0.15) is 17.7 Å². The van der Waals surface area contributed by atoms with Crippen LogP contribution in [0.2, 0.25) is 10.0 Å². The third-order valence-electron chi connectivity index (χ3n) is 1.46. The summed E-state index contributed by atoms with van der Waals surface area (Å²) in [5.74, 6) is 0. The van der Waals surface area contributed by atoms with Gasteiger partial charge in [0.1, 0.15) is 5.69 Å². The fourth-order valence-corrected chi connectivity index (χ4v) is 1.36. The zero-order chi connectivity index (χ0) is 10.0. The molecule has 0 atom stereocenters. The largest absolute Gasteiger partial charge is 0.392 e. The van der Waals surface area contributed by atoms with Gasteiger partial charge in [0.15, 0.2) is 0 Å². The molecule has 0 aliphatic rings. The molecular weight excluding hydrogens is 223 g/mol. The van der Waals surface area contributed by atoms with Crippen molar-refractivity contribution in [3.8, 4) is 0 Å². The quantitative estimate of drug-likeness (QED) is 0.844. The monoisotopic (exact) mass is 227 g/mol. The lowest BCUT2D eigenvalue weighted by molar-refractivity contribution is 0.146. The van der Waals surface area contributed by atoms with Crippen molar-refractivity contribution in [2.45, 2.75) is 13.0 Å². The third-order valence-corrected chi connectivity index (χ3v) is 2.21. The van der Waals surface area contributed by atoms with Gasteiger partial charge in [-0.2, -0.15) is 0 Å². The standard InChI is InChI=1S/C7H5Cl2F2NO/c8-4-1-12-6(7(10)11)5(9)3(4)2-13/h1,7,13H,2H2. The number of hydrogen-bond donors (Lipinski definition) is 1. The van der Waals surface area contributed by atoms with Crippen molar-refractivity contribution in [1.82, 2.24) is 4.98 Å². The molecule has 13 heavy (non-hydrogen) atoms. The van der Waals surface area contributed by atoms with Crippen LogP contribution in [0.4, 0.5) is 8.78 Å². The van der Waals surface area contributed by atoms with Crippen LogP contribution in [0, 0.1) is 0 Å². The molecule has 6 heteroatoms. The molecule has 0 fully saturated rings. The summed E-state index contributed by atoms with van der Waals surface area (Å²) in [4.78, 5) is 3.36. The molecule has 0 amide bonds. The second-order valence-corrected chi connectivity index (χ2v) is 3.03. The number of aliphatic hydroxyl groups is 1. The number of pyridine rings is 1. The normalized spacial score (nSPS) is 10.9. The lowest BCUT2D eigenvalue weighted by Crippen LogP contribution is -1.97. The van der Waals surface area contributed by atoms with E-state index in [0.717, 1.165) is 6.20 Å². The highest BCUT2D eigenvalue weighted by Crippen LogP contribution is 2.31. The molecule has 72 valence electrons. The summed E-state index contributed by atoms with van der Waals surface area (Å²) in [5.41, 5.74) is -0.483. The van der Waals surface area contributed by atoms with E-state index in [-0.39, 0.29) is 15.6 Å². The van der Waals surface area contributed by atoms with Crippen molar-refractivity contribution >= 4 is 23.2 Å². The first-order chi connectivity index (χ1) is 6.07. The minimum Gasteiger partial charge on any atom is -0.392 e. The van der Waals surface area contributed by atoms with Crippen molar-refractivity contribution < 1.29 is 13.9 Å². The Labute approximate surface area is 83.1 Å². The van der Waals surface area contributed by atoms with Crippen LogP contribution in [0.15, 0.2) is 6.20 Å². The highest BCUT2D eigenvalue weighted by atomic mass is 35.5. The van der Waals surface area contributed by atoms with Gasteiger partial charge in [-0.05, 0) is 0 Å². The molecule has 0 saturated carbocycles. The van der Waals surface area contributed by atoms with Crippen LogP contribution in [0.25, 0.3) is 0 Å². The van der Waals surface area contributed by atoms with Gasteiger partial charge < -0.3 is 5.11 Å². The topological polar surface area (TPSA) is 33.1 Å². The summed E-state index contributed by atoms with van der Waals surface area (Å²) >= 11 is 11.1. The van der Waals surface area contributed by atoms with Crippen LogP contribution < -0.4 is 0 Å². The number of aromatic nitrogens is 1. The van der Waals surface area contributed by atoms with E-state index >= 15 is 0 Å². The first-order valence-corrected chi connectivity index (χ1v) is 4.05. The smallest absolute Gasteiger partial charge is 0.281 e. The molecule has 1 rings (SSSR count). The van der Waals surface area contributed by atoms with E-state index in [2.05, 4.69) is 4.98 Å². The van der Waals surface area contributed by atoms with E-state index in [9.17, 15) is 8.78 Å². The molecule has 1 heterocycles. The van der Waals surface area contributed by atoms with Crippen molar-refractivity contribution in [3.63, 3.8) is 0 Å². The molecule has 0 saturated heterocycles. The first-order valence-electron chi connectivity index (χ1n) is 3.29. The van der Waals surface area contributed by atoms with Crippen molar-refractivity contribution in [2.24, 2.45) is 0 Å². The molecule has 1 aromatic heterocycles. The molecule has 0 aliphatic carbocycles. The van der Waals surface area contributed by atoms with Gasteiger partial charge in [0, 0.05) is 11.8 Å². The molecule has 1 aromatic rings. The lowest BCUT2D eigenvalue weighted by atomic mass is 10.2. The minimum atomic E-state index is -2.77. The van der Waals surface area contributed by atoms with Crippen LogP contribution >= 0.6 is 23.2 Å². The van der Waals surface area contributed by atoms with Gasteiger partial charge in [-0.25, -0.2) is 8.78 Å². The molecule has 0 unspecified atom stereocenters. The second-order valence-electron chi connectivity index (χ2n) is 2.24. The number of nitrogens with zero attached hydrogens (tertiary/aromatic N) is 1. The van der Waals surface area contributed by atoms with E-state index < -0.39 is 18.7 Å². The number of aliphatic hydroxyl groups excluding tert-OH is 1. The van der Waals surface area contributed by atoms with E-state index in [1.54, 1.807) is 0 Å². The minimum absolute atomic E-state index is 0.0774. The third kappa shape index (κ3) is 2.07. The van der Waals surface area contributed by atoms with Crippen LogP contribution in [0.3, 0.4) is 0 Å². The average molecular weight is 228 g/mol. The highest BCUT2D eigenvalue weighted by Gasteiger charge is 2.18. The molecular formula is C7H5Cl2F2NO. The Morgan fingerprint density at radius 3 is 2.54 bits per heavy atom. The van der Waals surface area contributed by atoms with Crippen molar-refractivity contribution in [1.29, 1.82) is 0 Å². The van der Waals surface area contributed by atoms with Crippen LogP contribution in [-0.2, 0) is 6.61 Å². The van der Waals surface area contributed by atoms with Crippen molar-refractivity contribution in [3.05, 3.63) is 27.5 Å². The van der Waals surface area contributed by atoms with E-state index in [0.29, 0.717) is 0 Å². The van der Waals surface area contributed by atoms with Gasteiger partial charge in [0.25, 0.3) is 6.43 Å². The molecule has 0 bridgehead atoms. The van der Waals surface area contributed by atoms with E-state index in [4.69, 9.17) is 28.3 Å². The lowest BCUT2D eigenvalue weighted by Gasteiger charge is -2.07. The van der Waals surface area contributed by atoms with Crippen LogP contribution in [0.5, 0.6) is 0 Å². The number of hydrogen-bond acceptors (Lipinski definition) is 2. The fraction of sp³-hybridized carbons (Fsp3) is 0.286. The Morgan fingerprint density at radius 2 is 2.08 bits per heavy atom. The first kappa shape index (κ1) is 10.6. The Morgan fingerprint density at radius 1 is 1.46 bits per heavy atom. The van der Waals surface area contributed by atoms with Gasteiger partial charge >= 0.3 is 0 Å². The zero-order valence-corrected chi connectivity index (χ0v) is 7.78. The van der Waals surface area contributed by atoms with Crippen LogP contribution in [-0.4, -0.2) is 10.1 Å². The highest BCUT2D eigenvalue weighted by molar-refractivity contribution is 6.36. The Bertz CT molecular complexity index is 320. The summed E-state index contributed by atoms with van der Waals surface area (Å²) in [6, 6.07) is 0. The number of rotatable bonds is 2. The summed E-state index contributed by atoms with van der Waals surface area (Å²) < 4.78 is 24.4. The van der Waals surface area contributed by atoms with Crippen molar-refractivity contribution in [2.75, 3.05) is 0 Å². The van der Waals surface area contributed by atoms with Gasteiger partial charge in [0.05, 0.1) is 16.7 Å². The maximum absolute atomic E-state index is 12.2. The second kappa shape index (κ2) is 4.17. The predicted octanol–water partition coefficient (Wildman–Crippen LogP) is 2.82. The summed E-state index contributed by atoms with van der Waals surface area (Å²) in [6.07, 6.45) is -1.73. The summed E-state index contributed by atoms with van der Waals surface area (Å²) in [5, 5.41) is 8.57. The number of alkyl halides is 2. The molecule has 0 aromatic carbocycles. The SMILES string of the molecule is OCc1c(Cl)cnc(C(F)F)c1Cl.